The van der Waals surface area contributed by atoms with Crippen LogP contribution in [0.1, 0.15) is 36.5 Å². The lowest BCUT2D eigenvalue weighted by Crippen LogP contribution is -2.33. The first-order valence-corrected chi connectivity index (χ1v) is 9.27. The van der Waals surface area contributed by atoms with E-state index in [0.717, 1.165) is 42.9 Å². The largest absolute Gasteiger partial charge is 0.381 e. The number of aryl methyl sites for hydroxylation is 2. The topological polar surface area (TPSA) is 58.4 Å². The van der Waals surface area contributed by atoms with Crippen molar-refractivity contribution in [2.45, 2.75) is 40.2 Å². The number of hydrogen-bond acceptors (Lipinski definition) is 4. The van der Waals surface area contributed by atoms with Crippen molar-refractivity contribution in [2.24, 2.45) is 5.92 Å². The van der Waals surface area contributed by atoms with Gasteiger partial charge in [0.25, 0.3) is 5.69 Å². The average molecular weight is 353 g/mol. The van der Waals surface area contributed by atoms with Crippen molar-refractivity contribution >= 4 is 17.1 Å². The van der Waals surface area contributed by atoms with E-state index in [1.807, 2.05) is 12.1 Å². The summed E-state index contributed by atoms with van der Waals surface area (Å²) in [6.45, 7) is 8.73. The standard InChI is InChI=1S/C21H27N3O2/c1-15-8-10-23(11-9-15)20-7-5-18(13-21(20)24(25)26)14-22-19-6-4-16(2)12-17(19)3/h4-7,12-13,15,22H,8-11,14H2,1-3H3. The number of nitrogens with zero attached hydrogens (tertiary/aromatic N) is 2. The summed E-state index contributed by atoms with van der Waals surface area (Å²) in [7, 11) is 0. The number of benzene rings is 2. The molecule has 2 aromatic carbocycles. The Bertz CT molecular complexity index is 796. The van der Waals surface area contributed by atoms with Crippen molar-refractivity contribution in [1.82, 2.24) is 0 Å². The monoisotopic (exact) mass is 353 g/mol. The SMILES string of the molecule is Cc1ccc(NCc2ccc(N3CCC(C)CC3)c([N+](=O)[O-])c2)c(C)c1. The molecule has 0 saturated carbocycles. The summed E-state index contributed by atoms with van der Waals surface area (Å²) in [5, 5.41) is 15.0. The molecule has 1 N–H and O–H groups in total. The number of piperidine rings is 1. The summed E-state index contributed by atoms with van der Waals surface area (Å²) in [6.07, 6.45) is 2.18. The van der Waals surface area contributed by atoms with Gasteiger partial charge in [0.2, 0.25) is 0 Å². The fourth-order valence-corrected chi connectivity index (χ4v) is 3.55. The minimum Gasteiger partial charge on any atom is -0.381 e. The molecule has 138 valence electrons. The van der Waals surface area contributed by atoms with Crippen LogP contribution in [0.25, 0.3) is 0 Å². The second-order valence-electron chi connectivity index (χ2n) is 7.42. The summed E-state index contributed by atoms with van der Waals surface area (Å²) >= 11 is 0. The first kappa shape index (κ1) is 18.2. The molecule has 1 fully saturated rings. The normalized spacial score (nSPS) is 15.1. The van der Waals surface area contributed by atoms with Crippen LogP contribution in [0, 0.1) is 29.9 Å². The van der Waals surface area contributed by atoms with Gasteiger partial charge in [-0.25, -0.2) is 0 Å². The van der Waals surface area contributed by atoms with Gasteiger partial charge in [-0.15, -0.1) is 0 Å². The van der Waals surface area contributed by atoms with Crippen molar-refractivity contribution in [3.05, 3.63) is 63.2 Å². The lowest BCUT2D eigenvalue weighted by molar-refractivity contribution is -0.384. The van der Waals surface area contributed by atoms with Crippen molar-refractivity contribution < 1.29 is 4.92 Å². The highest BCUT2D eigenvalue weighted by molar-refractivity contribution is 5.65. The molecule has 0 bridgehead atoms. The van der Waals surface area contributed by atoms with Gasteiger partial charge in [-0.3, -0.25) is 10.1 Å². The molecule has 1 aliphatic rings. The van der Waals surface area contributed by atoms with E-state index in [2.05, 4.69) is 49.2 Å². The fourth-order valence-electron chi connectivity index (χ4n) is 3.55. The molecule has 5 nitrogen and oxygen atoms in total. The van der Waals surface area contributed by atoms with Crippen LogP contribution in [0.4, 0.5) is 17.1 Å². The second-order valence-corrected chi connectivity index (χ2v) is 7.42. The molecule has 0 unspecified atom stereocenters. The Kier molecular flexibility index (Phi) is 5.45. The van der Waals surface area contributed by atoms with Crippen molar-refractivity contribution in [2.75, 3.05) is 23.3 Å². The summed E-state index contributed by atoms with van der Waals surface area (Å²) < 4.78 is 0. The predicted molar refractivity (Wildman–Crippen MR) is 107 cm³/mol. The Balaban J connectivity index is 1.76. The first-order chi connectivity index (χ1) is 12.4. The molecular weight excluding hydrogens is 326 g/mol. The van der Waals surface area contributed by atoms with Crippen molar-refractivity contribution in [3.63, 3.8) is 0 Å². The number of hydrogen-bond donors (Lipinski definition) is 1. The number of nitro benzene ring substituents is 1. The smallest absolute Gasteiger partial charge is 0.292 e. The zero-order valence-corrected chi connectivity index (χ0v) is 15.8. The molecule has 0 aliphatic carbocycles. The lowest BCUT2D eigenvalue weighted by atomic mass is 9.98. The van der Waals surface area contributed by atoms with E-state index in [9.17, 15) is 10.1 Å². The van der Waals surface area contributed by atoms with Gasteiger partial charge >= 0.3 is 0 Å². The molecule has 5 heteroatoms. The molecule has 0 spiro atoms. The lowest BCUT2D eigenvalue weighted by Gasteiger charge is -2.31. The van der Waals surface area contributed by atoms with Crippen LogP contribution < -0.4 is 10.2 Å². The summed E-state index contributed by atoms with van der Waals surface area (Å²) in [4.78, 5) is 13.5. The average Bonchev–Trinajstić information content (AvgIpc) is 2.61. The number of anilines is 2. The third kappa shape index (κ3) is 4.15. The molecular formula is C21H27N3O2. The third-order valence-electron chi connectivity index (χ3n) is 5.23. The van der Waals surface area contributed by atoms with E-state index in [1.165, 1.54) is 11.1 Å². The summed E-state index contributed by atoms with van der Waals surface area (Å²) in [6, 6.07) is 11.9. The summed E-state index contributed by atoms with van der Waals surface area (Å²) in [5.41, 5.74) is 5.34. The van der Waals surface area contributed by atoms with Gasteiger partial charge in [-0.05, 0) is 55.9 Å². The Hall–Kier alpha value is -2.56. The maximum absolute atomic E-state index is 11.6. The van der Waals surface area contributed by atoms with Crippen LogP contribution in [0.2, 0.25) is 0 Å². The van der Waals surface area contributed by atoms with Gasteiger partial charge in [0.05, 0.1) is 4.92 Å². The quantitative estimate of drug-likeness (QED) is 0.603. The number of nitrogens with one attached hydrogen (secondary N) is 1. The Morgan fingerprint density at radius 2 is 1.88 bits per heavy atom. The fraction of sp³-hybridized carbons (Fsp3) is 0.429. The van der Waals surface area contributed by atoms with E-state index in [4.69, 9.17) is 0 Å². The zero-order valence-electron chi connectivity index (χ0n) is 15.8. The van der Waals surface area contributed by atoms with Gasteiger partial charge in [0.1, 0.15) is 5.69 Å². The van der Waals surface area contributed by atoms with Gasteiger partial charge in [-0.1, -0.05) is 30.7 Å². The molecule has 1 aliphatic heterocycles. The van der Waals surface area contributed by atoms with E-state index >= 15 is 0 Å². The van der Waals surface area contributed by atoms with Crippen LogP contribution in [0.5, 0.6) is 0 Å². The highest BCUT2D eigenvalue weighted by Crippen LogP contribution is 2.32. The van der Waals surface area contributed by atoms with Gasteiger partial charge in [0.15, 0.2) is 0 Å². The first-order valence-electron chi connectivity index (χ1n) is 9.27. The minimum atomic E-state index is -0.256. The number of nitro groups is 1. The molecule has 2 aromatic rings. The summed E-state index contributed by atoms with van der Waals surface area (Å²) in [5.74, 6) is 0.700. The molecule has 0 aromatic heterocycles. The van der Waals surface area contributed by atoms with E-state index in [-0.39, 0.29) is 10.6 Å². The van der Waals surface area contributed by atoms with Crippen LogP contribution in [0.15, 0.2) is 36.4 Å². The molecule has 0 amide bonds. The Labute approximate surface area is 155 Å². The molecule has 1 saturated heterocycles. The van der Waals surface area contributed by atoms with Crippen LogP contribution >= 0.6 is 0 Å². The Morgan fingerprint density at radius 3 is 2.54 bits per heavy atom. The zero-order chi connectivity index (χ0) is 18.7. The Morgan fingerprint density at radius 1 is 1.15 bits per heavy atom. The molecule has 0 radical (unpaired) electrons. The number of rotatable bonds is 5. The molecule has 3 rings (SSSR count). The molecule has 26 heavy (non-hydrogen) atoms. The van der Waals surface area contributed by atoms with Crippen LogP contribution in [-0.2, 0) is 6.54 Å². The molecule has 1 heterocycles. The van der Waals surface area contributed by atoms with E-state index in [0.29, 0.717) is 12.5 Å². The molecule has 0 atom stereocenters. The van der Waals surface area contributed by atoms with E-state index in [1.54, 1.807) is 6.07 Å². The van der Waals surface area contributed by atoms with Gasteiger partial charge < -0.3 is 10.2 Å². The predicted octanol–water partition coefficient (Wildman–Crippen LogP) is 5.06. The van der Waals surface area contributed by atoms with Gasteiger partial charge in [-0.2, -0.15) is 0 Å². The highest BCUT2D eigenvalue weighted by Gasteiger charge is 2.23. The minimum absolute atomic E-state index is 0.208. The second kappa shape index (κ2) is 7.77. The maximum atomic E-state index is 11.6. The van der Waals surface area contributed by atoms with Crippen molar-refractivity contribution in [3.8, 4) is 0 Å². The van der Waals surface area contributed by atoms with Crippen LogP contribution in [-0.4, -0.2) is 18.0 Å². The maximum Gasteiger partial charge on any atom is 0.292 e. The van der Waals surface area contributed by atoms with E-state index < -0.39 is 0 Å². The van der Waals surface area contributed by atoms with Crippen molar-refractivity contribution in [1.29, 1.82) is 0 Å². The highest BCUT2D eigenvalue weighted by atomic mass is 16.6. The van der Waals surface area contributed by atoms with Crippen LogP contribution in [0.3, 0.4) is 0 Å². The third-order valence-corrected chi connectivity index (χ3v) is 5.23. The van der Waals surface area contributed by atoms with Gasteiger partial charge in [0, 0.05) is 31.4 Å².